The minimum absolute atomic E-state index is 0.232. The van der Waals surface area contributed by atoms with E-state index in [4.69, 9.17) is 4.74 Å². The van der Waals surface area contributed by atoms with E-state index in [0.717, 1.165) is 35.4 Å². The maximum Gasteiger partial charge on any atom is 0.341 e. The van der Waals surface area contributed by atoms with Gasteiger partial charge in [-0.15, -0.1) is 22.7 Å². The summed E-state index contributed by atoms with van der Waals surface area (Å²) in [6.07, 6.45) is 2.81. The first-order valence-electron chi connectivity index (χ1n) is 10.1. The van der Waals surface area contributed by atoms with Gasteiger partial charge in [-0.3, -0.25) is 4.79 Å². The number of rotatable bonds is 5. The molecule has 0 unspecified atom stereocenters. The van der Waals surface area contributed by atoms with Crippen LogP contribution in [0.5, 0.6) is 0 Å². The van der Waals surface area contributed by atoms with Gasteiger partial charge < -0.3 is 10.1 Å². The fraction of sp³-hybridized carbons (Fsp3) is 0.348. The number of thiazole rings is 1. The number of thiophene rings is 1. The molecule has 4 rings (SSSR count). The molecule has 1 aliphatic rings. The van der Waals surface area contributed by atoms with Gasteiger partial charge in [0.25, 0.3) is 5.91 Å². The molecule has 1 amide bonds. The fourth-order valence-electron chi connectivity index (χ4n) is 3.73. The van der Waals surface area contributed by atoms with Crippen molar-refractivity contribution in [3.63, 3.8) is 0 Å². The largest absolute Gasteiger partial charge is 0.462 e. The van der Waals surface area contributed by atoms with Crippen molar-refractivity contribution in [2.75, 3.05) is 11.9 Å². The first-order chi connectivity index (χ1) is 14.5. The van der Waals surface area contributed by atoms with Crippen molar-refractivity contribution < 1.29 is 14.3 Å². The van der Waals surface area contributed by atoms with Crippen LogP contribution in [0.4, 0.5) is 5.00 Å². The SMILES string of the molecule is CCOC(=O)c1c(NC(=O)c2sc(-c3ccccc3)nc2C)sc2c1CC[C@H](C)C2. The Labute approximate surface area is 184 Å². The van der Waals surface area contributed by atoms with Crippen molar-refractivity contribution in [1.29, 1.82) is 0 Å². The van der Waals surface area contributed by atoms with Gasteiger partial charge in [0, 0.05) is 10.4 Å². The molecule has 1 aliphatic carbocycles. The summed E-state index contributed by atoms with van der Waals surface area (Å²) in [6, 6.07) is 9.82. The molecule has 0 fully saturated rings. The lowest BCUT2D eigenvalue weighted by Gasteiger charge is -2.18. The van der Waals surface area contributed by atoms with E-state index in [1.54, 1.807) is 6.92 Å². The summed E-state index contributed by atoms with van der Waals surface area (Å²) in [6.45, 7) is 6.16. The number of nitrogens with one attached hydrogen (secondary N) is 1. The molecular formula is C23H24N2O3S2. The summed E-state index contributed by atoms with van der Waals surface area (Å²) in [5.74, 6) is -0.0119. The molecule has 0 radical (unpaired) electrons. The first kappa shape index (κ1) is 20.8. The fourth-order valence-corrected chi connectivity index (χ4v) is 6.09. The average Bonchev–Trinajstić information content (AvgIpc) is 3.28. The van der Waals surface area contributed by atoms with Gasteiger partial charge >= 0.3 is 5.97 Å². The monoisotopic (exact) mass is 440 g/mol. The molecule has 0 aliphatic heterocycles. The summed E-state index contributed by atoms with van der Waals surface area (Å²) >= 11 is 2.87. The number of benzene rings is 1. The molecule has 156 valence electrons. The third-order valence-electron chi connectivity index (χ3n) is 5.24. The summed E-state index contributed by atoms with van der Waals surface area (Å²) in [5, 5.41) is 4.39. The second-order valence-electron chi connectivity index (χ2n) is 7.53. The van der Waals surface area contributed by atoms with Crippen LogP contribution in [0.2, 0.25) is 0 Å². The van der Waals surface area contributed by atoms with Crippen LogP contribution in [0.1, 0.15) is 56.4 Å². The molecule has 1 aromatic carbocycles. The topological polar surface area (TPSA) is 68.3 Å². The molecule has 0 saturated carbocycles. The third kappa shape index (κ3) is 4.04. The number of fused-ring (bicyclic) bond motifs is 1. The number of ether oxygens (including phenoxy) is 1. The molecule has 2 heterocycles. The van der Waals surface area contributed by atoms with E-state index < -0.39 is 0 Å². The van der Waals surface area contributed by atoms with Crippen LogP contribution in [0, 0.1) is 12.8 Å². The summed E-state index contributed by atoms with van der Waals surface area (Å²) in [4.78, 5) is 32.1. The Morgan fingerprint density at radius 1 is 1.23 bits per heavy atom. The highest BCUT2D eigenvalue weighted by Gasteiger charge is 2.30. The predicted molar refractivity (Wildman–Crippen MR) is 122 cm³/mol. The lowest BCUT2D eigenvalue weighted by Crippen LogP contribution is -2.16. The van der Waals surface area contributed by atoms with Gasteiger partial charge in [-0.05, 0) is 44.6 Å². The number of hydrogen-bond acceptors (Lipinski definition) is 6. The molecule has 0 bridgehead atoms. The third-order valence-corrected chi connectivity index (χ3v) is 7.62. The van der Waals surface area contributed by atoms with Crippen LogP contribution in [0.25, 0.3) is 10.6 Å². The Morgan fingerprint density at radius 3 is 2.73 bits per heavy atom. The Hall–Kier alpha value is -2.51. The molecule has 2 aromatic heterocycles. The van der Waals surface area contributed by atoms with Crippen molar-refractivity contribution in [3.8, 4) is 10.6 Å². The number of carbonyl (C=O) groups is 2. The van der Waals surface area contributed by atoms with E-state index in [2.05, 4.69) is 17.2 Å². The van der Waals surface area contributed by atoms with Gasteiger partial charge in [0.2, 0.25) is 0 Å². The molecule has 0 saturated heterocycles. The Balaban J connectivity index is 1.65. The number of hydrogen-bond donors (Lipinski definition) is 1. The van der Waals surface area contributed by atoms with E-state index >= 15 is 0 Å². The summed E-state index contributed by atoms with van der Waals surface area (Å²) < 4.78 is 5.30. The second kappa shape index (κ2) is 8.70. The highest BCUT2D eigenvalue weighted by Crippen LogP contribution is 2.40. The highest BCUT2D eigenvalue weighted by atomic mass is 32.1. The zero-order chi connectivity index (χ0) is 21.3. The Kier molecular flexibility index (Phi) is 6.01. The Morgan fingerprint density at radius 2 is 2.00 bits per heavy atom. The van der Waals surface area contributed by atoms with Crippen LogP contribution < -0.4 is 5.32 Å². The standard InChI is InChI=1S/C23H24N2O3S2/c1-4-28-23(27)18-16-11-10-13(2)12-17(16)29-22(18)25-20(26)19-14(3)24-21(30-19)15-8-6-5-7-9-15/h5-9,13H,4,10-12H2,1-3H3,(H,25,26)/t13-/m0/s1. The van der Waals surface area contributed by atoms with Crippen LogP contribution >= 0.6 is 22.7 Å². The van der Waals surface area contributed by atoms with Crippen molar-refractivity contribution >= 4 is 39.6 Å². The predicted octanol–water partition coefficient (Wildman–Crippen LogP) is 5.73. The molecule has 3 aromatic rings. The maximum atomic E-state index is 13.1. The van der Waals surface area contributed by atoms with Gasteiger partial charge in [-0.2, -0.15) is 0 Å². The maximum absolute atomic E-state index is 13.1. The quantitative estimate of drug-likeness (QED) is 0.514. The minimum atomic E-state index is -0.356. The van der Waals surface area contributed by atoms with Crippen LogP contribution in [0.3, 0.4) is 0 Å². The number of amides is 1. The van der Waals surface area contributed by atoms with E-state index in [1.807, 2.05) is 37.3 Å². The molecule has 1 atom stereocenters. The number of esters is 1. The number of carbonyl (C=O) groups excluding carboxylic acids is 2. The first-order valence-corrected chi connectivity index (χ1v) is 11.8. The molecule has 30 heavy (non-hydrogen) atoms. The minimum Gasteiger partial charge on any atom is -0.462 e. The number of anilines is 1. The molecule has 5 nitrogen and oxygen atoms in total. The average molecular weight is 441 g/mol. The summed E-state index contributed by atoms with van der Waals surface area (Å²) in [5.41, 5.74) is 3.24. The molecular weight excluding hydrogens is 416 g/mol. The Bertz CT molecular complexity index is 1090. The lowest BCUT2D eigenvalue weighted by atomic mass is 9.88. The van der Waals surface area contributed by atoms with Crippen LogP contribution in [-0.2, 0) is 17.6 Å². The van der Waals surface area contributed by atoms with Gasteiger partial charge in [0.1, 0.15) is 14.9 Å². The van der Waals surface area contributed by atoms with Gasteiger partial charge in [-0.25, -0.2) is 9.78 Å². The van der Waals surface area contributed by atoms with Crippen LogP contribution in [-0.4, -0.2) is 23.5 Å². The summed E-state index contributed by atoms with van der Waals surface area (Å²) in [7, 11) is 0. The van der Waals surface area contributed by atoms with Crippen molar-refractivity contribution in [2.24, 2.45) is 5.92 Å². The number of aryl methyl sites for hydroxylation is 1. The number of nitrogens with zero attached hydrogens (tertiary/aromatic N) is 1. The van der Waals surface area contributed by atoms with Gasteiger partial charge in [-0.1, -0.05) is 37.3 Å². The molecule has 0 spiro atoms. The van der Waals surface area contributed by atoms with E-state index in [0.29, 0.717) is 33.7 Å². The second-order valence-corrected chi connectivity index (χ2v) is 9.63. The molecule has 7 heteroatoms. The zero-order valence-corrected chi connectivity index (χ0v) is 18.9. The normalized spacial score (nSPS) is 15.5. The highest BCUT2D eigenvalue weighted by molar-refractivity contribution is 7.18. The smallest absolute Gasteiger partial charge is 0.341 e. The van der Waals surface area contributed by atoms with E-state index in [9.17, 15) is 9.59 Å². The van der Waals surface area contributed by atoms with E-state index in [1.165, 1.54) is 27.6 Å². The van der Waals surface area contributed by atoms with Crippen LogP contribution in [0.15, 0.2) is 30.3 Å². The zero-order valence-electron chi connectivity index (χ0n) is 17.3. The number of aromatic nitrogens is 1. The van der Waals surface area contributed by atoms with Gasteiger partial charge in [0.05, 0.1) is 17.9 Å². The molecule has 1 N–H and O–H groups in total. The lowest BCUT2D eigenvalue weighted by molar-refractivity contribution is 0.0526. The van der Waals surface area contributed by atoms with Crippen molar-refractivity contribution in [3.05, 3.63) is 56.9 Å². The van der Waals surface area contributed by atoms with Crippen molar-refractivity contribution in [2.45, 2.75) is 40.0 Å². The van der Waals surface area contributed by atoms with Crippen molar-refractivity contribution in [1.82, 2.24) is 4.98 Å². The van der Waals surface area contributed by atoms with E-state index in [-0.39, 0.29) is 11.9 Å². The van der Waals surface area contributed by atoms with Gasteiger partial charge in [0.15, 0.2) is 0 Å².